The van der Waals surface area contributed by atoms with Gasteiger partial charge in [0.25, 0.3) is 0 Å². The molecule has 104 valence electrons. The molecule has 0 saturated heterocycles. The van der Waals surface area contributed by atoms with Gasteiger partial charge < -0.3 is 4.90 Å². The van der Waals surface area contributed by atoms with Crippen molar-refractivity contribution in [1.82, 2.24) is 4.90 Å². The summed E-state index contributed by atoms with van der Waals surface area (Å²) in [6.07, 6.45) is 2.39. The van der Waals surface area contributed by atoms with E-state index in [1.807, 2.05) is 0 Å². The Morgan fingerprint density at radius 3 is 2.11 bits per heavy atom. The minimum Gasteiger partial charge on any atom is -0.380 e. The fraction of sp³-hybridized carbons (Fsp3) is 0.529. The van der Waals surface area contributed by atoms with E-state index in [4.69, 9.17) is 0 Å². The SMILES string of the molecule is CC(C)P(C(C)C)[C@H]1C(N(C)C)=Cc2ccccc21. The molecule has 0 unspecified atom stereocenters. The number of rotatable bonds is 4. The molecule has 19 heavy (non-hydrogen) atoms. The Balaban J connectivity index is 2.49. The normalized spacial score (nSPS) is 18.2. The summed E-state index contributed by atoms with van der Waals surface area (Å²) in [6.45, 7) is 9.56. The number of benzene rings is 1. The van der Waals surface area contributed by atoms with Crippen molar-refractivity contribution in [2.24, 2.45) is 0 Å². The highest BCUT2D eigenvalue weighted by molar-refractivity contribution is 7.59. The molecule has 0 aliphatic heterocycles. The molecule has 1 aliphatic rings. The van der Waals surface area contributed by atoms with E-state index in [1.54, 1.807) is 5.56 Å². The molecule has 2 rings (SSSR count). The lowest BCUT2D eigenvalue weighted by Gasteiger charge is -2.36. The zero-order chi connectivity index (χ0) is 14.2. The predicted octanol–water partition coefficient (Wildman–Crippen LogP) is 4.94. The Labute approximate surface area is 119 Å². The molecule has 0 amide bonds. The zero-order valence-corrected chi connectivity index (χ0v) is 13.9. The van der Waals surface area contributed by atoms with Gasteiger partial charge in [-0.2, -0.15) is 0 Å². The first kappa shape index (κ1) is 14.6. The number of hydrogen-bond acceptors (Lipinski definition) is 1. The van der Waals surface area contributed by atoms with E-state index in [2.05, 4.69) is 77.0 Å². The van der Waals surface area contributed by atoms with Crippen LogP contribution < -0.4 is 0 Å². The minimum absolute atomic E-state index is 0.0481. The van der Waals surface area contributed by atoms with Gasteiger partial charge in [0, 0.05) is 25.5 Å². The second kappa shape index (κ2) is 5.67. The molecule has 1 aromatic carbocycles. The third-order valence-corrected chi connectivity index (χ3v) is 7.41. The van der Waals surface area contributed by atoms with Crippen LogP contribution >= 0.6 is 7.92 Å². The second-order valence-electron chi connectivity index (χ2n) is 6.13. The Hall–Kier alpha value is -0.810. The van der Waals surface area contributed by atoms with Crippen molar-refractivity contribution in [2.45, 2.75) is 44.7 Å². The second-order valence-corrected chi connectivity index (χ2v) is 9.61. The van der Waals surface area contributed by atoms with E-state index < -0.39 is 0 Å². The molecule has 2 heteroatoms. The maximum atomic E-state index is 2.39. The smallest absolute Gasteiger partial charge is 0.0450 e. The van der Waals surface area contributed by atoms with E-state index in [1.165, 1.54) is 11.3 Å². The fourth-order valence-electron chi connectivity index (χ4n) is 3.17. The maximum absolute atomic E-state index is 2.39. The lowest BCUT2D eigenvalue weighted by molar-refractivity contribution is 0.501. The van der Waals surface area contributed by atoms with Gasteiger partial charge in [-0.25, -0.2) is 0 Å². The summed E-state index contributed by atoms with van der Waals surface area (Å²) in [5, 5.41) is 0. The molecule has 1 nitrogen and oxygen atoms in total. The van der Waals surface area contributed by atoms with Crippen molar-refractivity contribution in [2.75, 3.05) is 14.1 Å². The summed E-state index contributed by atoms with van der Waals surface area (Å²) in [4.78, 5) is 2.31. The minimum atomic E-state index is -0.0481. The summed E-state index contributed by atoms with van der Waals surface area (Å²) < 4.78 is 0. The average molecular weight is 275 g/mol. The first-order chi connectivity index (χ1) is 8.93. The van der Waals surface area contributed by atoms with Crippen LogP contribution in [0.2, 0.25) is 0 Å². The summed E-state index contributed by atoms with van der Waals surface area (Å²) >= 11 is 0. The molecule has 1 aliphatic carbocycles. The number of nitrogens with zero attached hydrogens (tertiary/aromatic N) is 1. The van der Waals surface area contributed by atoms with Gasteiger partial charge in [0.15, 0.2) is 0 Å². The van der Waals surface area contributed by atoms with Crippen LogP contribution in [0, 0.1) is 0 Å². The van der Waals surface area contributed by atoms with Crippen molar-refractivity contribution in [1.29, 1.82) is 0 Å². The zero-order valence-electron chi connectivity index (χ0n) is 13.0. The molecular formula is C17H26NP. The van der Waals surface area contributed by atoms with Crippen LogP contribution in [0.1, 0.15) is 44.5 Å². The molecule has 1 atom stereocenters. The van der Waals surface area contributed by atoms with E-state index in [0.717, 1.165) is 11.3 Å². The van der Waals surface area contributed by atoms with Gasteiger partial charge in [0.05, 0.1) is 0 Å². The summed E-state index contributed by atoms with van der Waals surface area (Å²) in [5.41, 5.74) is 6.59. The standard InChI is InChI=1S/C17H26NP/c1-12(2)19(13(3)4)17-15-10-8-7-9-14(15)11-16(17)18(5)6/h7-13,17H,1-6H3/t17-/m1/s1. The average Bonchev–Trinajstić information content (AvgIpc) is 2.68. The van der Waals surface area contributed by atoms with Gasteiger partial charge in [0.1, 0.15) is 0 Å². The summed E-state index contributed by atoms with van der Waals surface area (Å²) in [7, 11) is 4.31. The van der Waals surface area contributed by atoms with E-state index in [-0.39, 0.29) is 7.92 Å². The lowest BCUT2D eigenvalue weighted by Crippen LogP contribution is -2.19. The van der Waals surface area contributed by atoms with Gasteiger partial charge in [-0.1, -0.05) is 59.9 Å². The fourth-order valence-corrected chi connectivity index (χ4v) is 6.72. The molecule has 0 fully saturated rings. The van der Waals surface area contributed by atoms with Crippen LogP contribution in [0.5, 0.6) is 0 Å². The summed E-state index contributed by atoms with van der Waals surface area (Å²) in [6, 6.07) is 8.92. The Morgan fingerprint density at radius 2 is 1.58 bits per heavy atom. The molecule has 0 bridgehead atoms. The Kier molecular flexibility index (Phi) is 4.36. The monoisotopic (exact) mass is 275 g/mol. The quantitative estimate of drug-likeness (QED) is 0.703. The third kappa shape index (κ3) is 2.72. The first-order valence-electron chi connectivity index (χ1n) is 7.18. The Morgan fingerprint density at radius 1 is 1.00 bits per heavy atom. The van der Waals surface area contributed by atoms with Crippen LogP contribution in [0.4, 0.5) is 0 Å². The van der Waals surface area contributed by atoms with Crippen LogP contribution in [-0.4, -0.2) is 30.3 Å². The topological polar surface area (TPSA) is 3.24 Å². The van der Waals surface area contributed by atoms with Crippen molar-refractivity contribution in [3.05, 3.63) is 41.1 Å². The van der Waals surface area contributed by atoms with Gasteiger partial charge in [0.2, 0.25) is 0 Å². The largest absolute Gasteiger partial charge is 0.380 e. The molecule has 0 radical (unpaired) electrons. The van der Waals surface area contributed by atoms with Gasteiger partial charge in [-0.3, -0.25) is 0 Å². The first-order valence-corrected chi connectivity index (χ1v) is 8.73. The van der Waals surface area contributed by atoms with E-state index in [0.29, 0.717) is 5.66 Å². The molecule has 1 aromatic rings. The molecule has 0 N–H and O–H groups in total. The van der Waals surface area contributed by atoms with E-state index in [9.17, 15) is 0 Å². The third-order valence-electron chi connectivity index (χ3n) is 3.88. The van der Waals surface area contributed by atoms with Crippen LogP contribution in [0.15, 0.2) is 30.0 Å². The highest BCUT2D eigenvalue weighted by Crippen LogP contribution is 2.64. The number of likely N-dealkylation sites (N-methyl/N-ethyl adjacent to an activating group) is 1. The summed E-state index contributed by atoms with van der Waals surface area (Å²) in [5.74, 6) is 0. The highest BCUT2D eigenvalue weighted by atomic mass is 31.1. The van der Waals surface area contributed by atoms with Crippen LogP contribution in [0.25, 0.3) is 6.08 Å². The number of hydrogen-bond donors (Lipinski definition) is 0. The van der Waals surface area contributed by atoms with E-state index >= 15 is 0 Å². The van der Waals surface area contributed by atoms with Crippen molar-refractivity contribution in [3.8, 4) is 0 Å². The van der Waals surface area contributed by atoms with Gasteiger partial charge in [-0.05, 0) is 28.5 Å². The van der Waals surface area contributed by atoms with Gasteiger partial charge in [-0.15, -0.1) is 0 Å². The van der Waals surface area contributed by atoms with Crippen molar-refractivity contribution in [3.63, 3.8) is 0 Å². The number of allylic oxidation sites excluding steroid dienone is 1. The molecule has 0 spiro atoms. The predicted molar refractivity (Wildman–Crippen MR) is 88.0 cm³/mol. The molecule has 0 heterocycles. The number of fused-ring (bicyclic) bond motifs is 1. The highest BCUT2D eigenvalue weighted by Gasteiger charge is 2.35. The Bertz CT molecular complexity index is 466. The maximum Gasteiger partial charge on any atom is 0.0450 e. The van der Waals surface area contributed by atoms with Gasteiger partial charge >= 0.3 is 0 Å². The molecule has 0 saturated carbocycles. The molecule has 0 aromatic heterocycles. The van der Waals surface area contributed by atoms with Crippen LogP contribution in [-0.2, 0) is 0 Å². The van der Waals surface area contributed by atoms with Crippen LogP contribution in [0.3, 0.4) is 0 Å². The van der Waals surface area contributed by atoms with Crippen molar-refractivity contribution >= 4 is 14.0 Å². The van der Waals surface area contributed by atoms with Crippen molar-refractivity contribution < 1.29 is 0 Å². The lowest BCUT2D eigenvalue weighted by atomic mass is 10.1. The molecular weight excluding hydrogens is 249 g/mol.